The number of hydrogen-bond acceptors (Lipinski definition) is 4. The van der Waals surface area contributed by atoms with E-state index in [1.54, 1.807) is 13.2 Å². The zero-order chi connectivity index (χ0) is 17.7. The van der Waals surface area contributed by atoms with Gasteiger partial charge in [0.15, 0.2) is 5.96 Å². The third kappa shape index (κ3) is 8.48. The van der Waals surface area contributed by atoms with Crippen LogP contribution < -0.4 is 15.4 Å². The van der Waals surface area contributed by atoms with Crippen LogP contribution in [0, 0.1) is 0 Å². The highest BCUT2D eigenvalue weighted by Gasteiger charge is 2.01. The molecule has 0 saturated heterocycles. The van der Waals surface area contributed by atoms with Gasteiger partial charge >= 0.3 is 0 Å². The third-order valence-electron chi connectivity index (χ3n) is 3.44. The average Bonchev–Trinajstić information content (AvgIpc) is 2.67. The minimum Gasteiger partial charge on any atom is -0.487 e. The first-order valence-corrected chi connectivity index (χ1v) is 8.45. The fourth-order valence-electron chi connectivity index (χ4n) is 2.18. The smallest absolute Gasteiger partial charge is 0.191 e. The van der Waals surface area contributed by atoms with E-state index in [1.807, 2.05) is 49.4 Å². The summed E-state index contributed by atoms with van der Waals surface area (Å²) in [5, 5.41) is 6.49. The second kappa shape index (κ2) is 13.3. The van der Waals surface area contributed by atoms with Gasteiger partial charge in [-0.3, -0.25) is 9.98 Å². The van der Waals surface area contributed by atoms with Crippen LogP contribution in [0.5, 0.6) is 5.75 Å². The van der Waals surface area contributed by atoms with Crippen LogP contribution in [0.25, 0.3) is 0 Å². The second-order valence-corrected chi connectivity index (χ2v) is 5.31. The molecular weight excluding hydrogens is 443 g/mol. The van der Waals surface area contributed by atoms with E-state index in [0.29, 0.717) is 19.8 Å². The van der Waals surface area contributed by atoms with E-state index in [9.17, 15) is 0 Å². The quantitative estimate of drug-likeness (QED) is 0.255. The van der Waals surface area contributed by atoms with E-state index < -0.39 is 0 Å². The highest BCUT2D eigenvalue weighted by Crippen LogP contribution is 2.14. The number of halogens is 1. The normalized spacial score (nSPS) is 10.8. The molecule has 2 aromatic rings. The number of aliphatic imine (C=N–C) groups is 1. The zero-order valence-corrected chi connectivity index (χ0v) is 17.6. The van der Waals surface area contributed by atoms with Gasteiger partial charge in [-0.1, -0.05) is 18.2 Å². The molecule has 1 aromatic carbocycles. The van der Waals surface area contributed by atoms with Crippen molar-refractivity contribution in [3.63, 3.8) is 0 Å². The molecule has 2 rings (SSSR count). The lowest BCUT2D eigenvalue weighted by molar-refractivity contribution is 0.152. The fraction of sp³-hybridized carbons (Fsp3) is 0.368. The largest absolute Gasteiger partial charge is 0.487 e. The van der Waals surface area contributed by atoms with Crippen molar-refractivity contribution in [2.75, 3.05) is 26.8 Å². The molecule has 0 fully saturated rings. The predicted octanol–water partition coefficient (Wildman–Crippen LogP) is 2.98. The molecule has 1 aromatic heterocycles. The number of benzene rings is 1. The Balaban J connectivity index is 0.00000338. The SMILES string of the molecule is CCOCCNC(=NC)NCc1cccc(OCc2ccccn2)c1.I. The third-order valence-corrected chi connectivity index (χ3v) is 3.44. The van der Waals surface area contributed by atoms with Crippen LogP contribution in [0.15, 0.2) is 53.7 Å². The van der Waals surface area contributed by atoms with Crippen molar-refractivity contribution >= 4 is 29.9 Å². The van der Waals surface area contributed by atoms with Gasteiger partial charge in [0.05, 0.1) is 12.3 Å². The van der Waals surface area contributed by atoms with Crippen LogP contribution in [0.1, 0.15) is 18.2 Å². The van der Waals surface area contributed by atoms with Crippen molar-refractivity contribution in [2.45, 2.75) is 20.1 Å². The average molecular weight is 470 g/mol. The standard InChI is InChI=1S/C19H26N4O2.HI/c1-3-24-12-11-22-19(20-2)23-14-16-7-6-9-18(13-16)25-15-17-8-4-5-10-21-17;/h4-10,13H,3,11-12,14-15H2,1-2H3,(H2,20,22,23);1H. The first kappa shape index (κ1) is 22.2. The Bertz CT molecular complexity index is 653. The number of pyridine rings is 1. The topological polar surface area (TPSA) is 67.8 Å². The molecule has 0 aliphatic heterocycles. The van der Waals surface area contributed by atoms with Gasteiger partial charge in [0.25, 0.3) is 0 Å². The summed E-state index contributed by atoms with van der Waals surface area (Å²) in [5.74, 6) is 1.57. The lowest BCUT2D eigenvalue weighted by atomic mass is 10.2. The summed E-state index contributed by atoms with van der Waals surface area (Å²) < 4.78 is 11.1. The first-order chi connectivity index (χ1) is 12.3. The highest BCUT2D eigenvalue weighted by atomic mass is 127. The molecule has 0 spiro atoms. The Labute approximate surface area is 172 Å². The molecule has 7 heteroatoms. The maximum Gasteiger partial charge on any atom is 0.191 e. The monoisotopic (exact) mass is 470 g/mol. The molecule has 142 valence electrons. The van der Waals surface area contributed by atoms with Gasteiger partial charge in [0.1, 0.15) is 12.4 Å². The Hall–Kier alpha value is -1.87. The van der Waals surface area contributed by atoms with Crippen LogP contribution in [0.3, 0.4) is 0 Å². The second-order valence-electron chi connectivity index (χ2n) is 5.31. The van der Waals surface area contributed by atoms with Crippen LogP contribution in [0.2, 0.25) is 0 Å². The molecule has 0 aliphatic carbocycles. The first-order valence-electron chi connectivity index (χ1n) is 8.45. The summed E-state index contributed by atoms with van der Waals surface area (Å²) in [5.41, 5.74) is 2.02. The number of hydrogen-bond donors (Lipinski definition) is 2. The number of ether oxygens (including phenoxy) is 2. The van der Waals surface area contributed by atoms with Crippen LogP contribution in [-0.4, -0.2) is 37.7 Å². The van der Waals surface area contributed by atoms with Crippen molar-refractivity contribution in [2.24, 2.45) is 4.99 Å². The Kier molecular flexibility index (Phi) is 11.4. The number of aromatic nitrogens is 1. The van der Waals surface area contributed by atoms with E-state index in [0.717, 1.165) is 36.1 Å². The molecule has 0 unspecified atom stereocenters. The molecule has 0 amide bonds. The van der Waals surface area contributed by atoms with E-state index >= 15 is 0 Å². The summed E-state index contributed by atoms with van der Waals surface area (Å²) in [6, 6.07) is 13.8. The van der Waals surface area contributed by atoms with Crippen LogP contribution >= 0.6 is 24.0 Å². The number of rotatable bonds is 9. The molecular formula is C19H27IN4O2. The maximum absolute atomic E-state index is 5.80. The molecule has 0 bridgehead atoms. The van der Waals surface area contributed by atoms with Crippen LogP contribution in [-0.2, 0) is 17.9 Å². The van der Waals surface area contributed by atoms with Crippen molar-refractivity contribution in [3.8, 4) is 5.75 Å². The maximum atomic E-state index is 5.80. The van der Waals surface area contributed by atoms with Crippen LogP contribution in [0.4, 0.5) is 0 Å². The van der Waals surface area contributed by atoms with Gasteiger partial charge < -0.3 is 20.1 Å². The van der Waals surface area contributed by atoms with Gasteiger partial charge in [0.2, 0.25) is 0 Å². The summed E-state index contributed by atoms with van der Waals surface area (Å²) >= 11 is 0. The summed E-state index contributed by atoms with van der Waals surface area (Å²) in [7, 11) is 1.75. The predicted molar refractivity (Wildman–Crippen MR) is 115 cm³/mol. The zero-order valence-electron chi connectivity index (χ0n) is 15.3. The summed E-state index contributed by atoms with van der Waals surface area (Å²) in [4.78, 5) is 8.46. The van der Waals surface area contributed by atoms with Gasteiger partial charge in [-0.15, -0.1) is 24.0 Å². The van der Waals surface area contributed by atoms with Gasteiger partial charge in [-0.2, -0.15) is 0 Å². The molecule has 0 radical (unpaired) electrons. The van der Waals surface area contributed by atoms with E-state index in [1.165, 1.54) is 0 Å². The van der Waals surface area contributed by atoms with Crippen molar-refractivity contribution in [3.05, 3.63) is 59.9 Å². The Morgan fingerprint density at radius 1 is 1.15 bits per heavy atom. The molecule has 0 saturated carbocycles. The van der Waals surface area contributed by atoms with Gasteiger partial charge in [0, 0.05) is 32.9 Å². The molecule has 2 N–H and O–H groups in total. The Morgan fingerprint density at radius 3 is 2.77 bits per heavy atom. The van der Waals surface area contributed by atoms with E-state index in [-0.39, 0.29) is 24.0 Å². The van der Waals surface area contributed by atoms with Crippen molar-refractivity contribution in [1.82, 2.24) is 15.6 Å². The molecule has 6 nitrogen and oxygen atoms in total. The molecule has 0 atom stereocenters. The van der Waals surface area contributed by atoms with E-state index in [4.69, 9.17) is 9.47 Å². The van der Waals surface area contributed by atoms with E-state index in [2.05, 4.69) is 20.6 Å². The number of nitrogens with zero attached hydrogens (tertiary/aromatic N) is 2. The van der Waals surface area contributed by atoms with Gasteiger partial charge in [-0.25, -0.2) is 0 Å². The minimum atomic E-state index is 0. The molecule has 0 aliphatic rings. The summed E-state index contributed by atoms with van der Waals surface area (Å²) in [6.45, 7) is 5.21. The lowest BCUT2D eigenvalue weighted by Crippen LogP contribution is -2.38. The molecule has 1 heterocycles. The number of nitrogens with one attached hydrogen (secondary N) is 2. The minimum absolute atomic E-state index is 0. The highest BCUT2D eigenvalue weighted by molar-refractivity contribution is 14.0. The number of guanidine groups is 1. The molecule has 26 heavy (non-hydrogen) atoms. The van der Waals surface area contributed by atoms with Crippen molar-refractivity contribution < 1.29 is 9.47 Å². The summed E-state index contributed by atoms with van der Waals surface area (Å²) in [6.07, 6.45) is 1.77. The lowest BCUT2D eigenvalue weighted by Gasteiger charge is -2.12. The fourth-order valence-corrected chi connectivity index (χ4v) is 2.18. The van der Waals surface area contributed by atoms with Crippen molar-refractivity contribution in [1.29, 1.82) is 0 Å². The van der Waals surface area contributed by atoms with Gasteiger partial charge in [-0.05, 0) is 36.8 Å². The Morgan fingerprint density at radius 2 is 2.04 bits per heavy atom.